The molecular weight excluding hydrogens is 194 g/mol. The van der Waals surface area contributed by atoms with E-state index in [-0.39, 0.29) is 0 Å². The average Bonchev–Trinajstić information content (AvgIpc) is 2.27. The van der Waals surface area contributed by atoms with Gasteiger partial charge in [-0.15, -0.1) is 0 Å². The summed E-state index contributed by atoms with van der Waals surface area (Å²) in [6.07, 6.45) is 9.96. The molecule has 0 bridgehead atoms. The van der Waals surface area contributed by atoms with Gasteiger partial charge >= 0.3 is 0 Å². The second-order valence-electron chi connectivity index (χ2n) is 6.23. The van der Waals surface area contributed by atoms with Crippen molar-refractivity contribution in [2.45, 2.75) is 84.7 Å². The minimum atomic E-state index is 0.694. The normalized spacial score (nSPS) is 22.3. The summed E-state index contributed by atoms with van der Waals surface area (Å²) in [7, 11) is 0. The quantitative estimate of drug-likeness (QED) is 0.708. The lowest BCUT2D eigenvalue weighted by atomic mass is 9.84. The fourth-order valence-electron chi connectivity index (χ4n) is 2.89. The lowest BCUT2D eigenvalue weighted by molar-refractivity contribution is 0.261. The van der Waals surface area contributed by atoms with Crippen LogP contribution in [-0.4, -0.2) is 12.1 Å². The topological polar surface area (TPSA) is 12.0 Å². The molecule has 2 unspecified atom stereocenters. The Morgan fingerprint density at radius 1 is 0.938 bits per heavy atom. The Hall–Kier alpha value is -0.0400. The predicted molar refractivity (Wildman–Crippen MR) is 72.7 cm³/mol. The molecule has 0 aliphatic heterocycles. The van der Waals surface area contributed by atoms with Crippen molar-refractivity contribution in [2.75, 3.05) is 0 Å². The molecule has 0 aromatic rings. The Bertz CT molecular complexity index is 170. The van der Waals surface area contributed by atoms with Gasteiger partial charge in [-0.3, -0.25) is 0 Å². The molecule has 2 atom stereocenters. The molecular formula is C15H31N. The molecule has 0 amide bonds. The van der Waals surface area contributed by atoms with Crippen molar-refractivity contribution < 1.29 is 0 Å². The molecule has 1 N–H and O–H groups in total. The van der Waals surface area contributed by atoms with Crippen molar-refractivity contribution in [3.63, 3.8) is 0 Å². The molecule has 0 radical (unpaired) electrons. The van der Waals surface area contributed by atoms with E-state index in [1.54, 1.807) is 0 Å². The summed E-state index contributed by atoms with van der Waals surface area (Å²) >= 11 is 0. The average molecular weight is 225 g/mol. The molecule has 0 heterocycles. The molecule has 1 nitrogen and oxygen atoms in total. The molecule has 0 aromatic heterocycles. The Labute approximate surface area is 102 Å². The highest BCUT2D eigenvalue weighted by Crippen LogP contribution is 2.26. The van der Waals surface area contributed by atoms with E-state index in [1.807, 2.05) is 0 Å². The maximum absolute atomic E-state index is 3.80. The van der Waals surface area contributed by atoms with E-state index < -0.39 is 0 Å². The number of hydrogen-bond donors (Lipinski definition) is 1. The van der Waals surface area contributed by atoms with E-state index in [1.165, 1.54) is 44.9 Å². The third-order valence-corrected chi connectivity index (χ3v) is 4.08. The highest BCUT2D eigenvalue weighted by atomic mass is 14.9. The summed E-state index contributed by atoms with van der Waals surface area (Å²) in [5, 5.41) is 3.80. The molecule has 96 valence electrons. The first-order valence-corrected chi connectivity index (χ1v) is 7.35. The van der Waals surface area contributed by atoms with Crippen LogP contribution >= 0.6 is 0 Å². The first-order valence-electron chi connectivity index (χ1n) is 7.35. The largest absolute Gasteiger partial charge is 0.312 e. The maximum Gasteiger partial charge on any atom is 0.00694 e. The van der Waals surface area contributed by atoms with E-state index >= 15 is 0 Å². The molecule has 1 heteroatoms. The van der Waals surface area contributed by atoms with Crippen LogP contribution in [0.1, 0.15) is 72.6 Å². The number of hydrogen-bond acceptors (Lipinski definition) is 1. The standard InChI is InChI=1S/C15H31N/c1-12(2)10-11-13(3)16-14(4)15-8-6-5-7-9-15/h12-16H,5-11H2,1-4H3. The molecule has 0 saturated heterocycles. The van der Waals surface area contributed by atoms with Crippen molar-refractivity contribution in [1.82, 2.24) is 5.32 Å². The molecule has 1 aliphatic carbocycles. The molecule has 1 fully saturated rings. The first-order chi connectivity index (χ1) is 7.59. The van der Waals surface area contributed by atoms with Gasteiger partial charge < -0.3 is 5.32 Å². The summed E-state index contributed by atoms with van der Waals surface area (Å²) in [5.41, 5.74) is 0. The molecule has 1 saturated carbocycles. The van der Waals surface area contributed by atoms with Gasteiger partial charge in [-0.05, 0) is 51.4 Å². The van der Waals surface area contributed by atoms with Crippen molar-refractivity contribution in [3.8, 4) is 0 Å². The summed E-state index contributed by atoms with van der Waals surface area (Å²) < 4.78 is 0. The van der Waals surface area contributed by atoms with Gasteiger partial charge in [0.15, 0.2) is 0 Å². The Morgan fingerprint density at radius 3 is 2.12 bits per heavy atom. The highest BCUT2D eigenvalue weighted by molar-refractivity contribution is 4.78. The Balaban J connectivity index is 2.18. The fourth-order valence-corrected chi connectivity index (χ4v) is 2.89. The van der Waals surface area contributed by atoms with Gasteiger partial charge in [0.05, 0.1) is 0 Å². The summed E-state index contributed by atoms with van der Waals surface area (Å²) in [6, 6.07) is 1.42. The van der Waals surface area contributed by atoms with Gasteiger partial charge in [0, 0.05) is 12.1 Å². The Morgan fingerprint density at radius 2 is 1.56 bits per heavy atom. The van der Waals surface area contributed by atoms with Crippen LogP contribution in [0.4, 0.5) is 0 Å². The van der Waals surface area contributed by atoms with Crippen molar-refractivity contribution in [2.24, 2.45) is 11.8 Å². The van der Waals surface area contributed by atoms with Crippen molar-refractivity contribution in [1.29, 1.82) is 0 Å². The molecule has 16 heavy (non-hydrogen) atoms. The zero-order valence-electron chi connectivity index (χ0n) is 11.8. The van der Waals surface area contributed by atoms with E-state index in [2.05, 4.69) is 33.0 Å². The molecule has 1 aliphatic rings. The summed E-state index contributed by atoms with van der Waals surface area (Å²) in [5.74, 6) is 1.78. The monoisotopic (exact) mass is 225 g/mol. The van der Waals surface area contributed by atoms with Gasteiger partial charge in [0.25, 0.3) is 0 Å². The van der Waals surface area contributed by atoms with Gasteiger partial charge in [-0.2, -0.15) is 0 Å². The van der Waals surface area contributed by atoms with Gasteiger partial charge in [0.2, 0.25) is 0 Å². The van der Waals surface area contributed by atoms with Crippen LogP contribution in [0.25, 0.3) is 0 Å². The fraction of sp³-hybridized carbons (Fsp3) is 1.00. The lowest BCUT2D eigenvalue weighted by Gasteiger charge is -2.31. The zero-order valence-corrected chi connectivity index (χ0v) is 11.8. The summed E-state index contributed by atoms with van der Waals surface area (Å²) in [6.45, 7) is 9.37. The second kappa shape index (κ2) is 7.32. The predicted octanol–water partition coefficient (Wildman–Crippen LogP) is 4.37. The minimum absolute atomic E-state index is 0.694. The lowest BCUT2D eigenvalue weighted by Crippen LogP contribution is -2.40. The van der Waals surface area contributed by atoms with Gasteiger partial charge in [-0.1, -0.05) is 33.1 Å². The van der Waals surface area contributed by atoms with Crippen molar-refractivity contribution >= 4 is 0 Å². The van der Waals surface area contributed by atoms with Gasteiger partial charge in [-0.25, -0.2) is 0 Å². The molecule has 0 spiro atoms. The third kappa shape index (κ3) is 5.34. The van der Waals surface area contributed by atoms with Crippen LogP contribution in [0.2, 0.25) is 0 Å². The minimum Gasteiger partial charge on any atom is -0.312 e. The highest BCUT2D eigenvalue weighted by Gasteiger charge is 2.20. The maximum atomic E-state index is 3.80. The zero-order chi connectivity index (χ0) is 12.0. The molecule has 0 aromatic carbocycles. The van der Waals surface area contributed by atoms with Crippen LogP contribution in [0, 0.1) is 11.8 Å². The smallest absolute Gasteiger partial charge is 0.00694 e. The second-order valence-corrected chi connectivity index (χ2v) is 6.23. The van der Waals surface area contributed by atoms with E-state index in [9.17, 15) is 0 Å². The first kappa shape index (κ1) is 14.0. The van der Waals surface area contributed by atoms with Crippen LogP contribution in [0.5, 0.6) is 0 Å². The van der Waals surface area contributed by atoms with Crippen LogP contribution in [0.15, 0.2) is 0 Å². The summed E-state index contributed by atoms with van der Waals surface area (Å²) in [4.78, 5) is 0. The van der Waals surface area contributed by atoms with E-state index in [0.717, 1.165) is 17.9 Å². The van der Waals surface area contributed by atoms with Crippen LogP contribution < -0.4 is 5.32 Å². The Kier molecular flexibility index (Phi) is 6.41. The number of rotatable bonds is 6. The molecule has 1 rings (SSSR count). The van der Waals surface area contributed by atoms with Crippen LogP contribution in [0.3, 0.4) is 0 Å². The third-order valence-electron chi connectivity index (χ3n) is 4.08. The SMILES string of the molecule is CC(C)CCC(C)NC(C)C1CCCCC1. The number of nitrogens with one attached hydrogen (secondary N) is 1. The van der Waals surface area contributed by atoms with E-state index in [4.69, 9.17) is 0 Å². The van der Waals surface area contributed by atoms with Crippen molar-refractivity contribution in [3.05, 3.63) is 0 Å². The van der Waals surface area contributed by atoms with Gasteiger partial charge in [0.1, 0.15) is 0 Å². The van der Waals surface area contributed by atoms with E-state index in [0.29, 0.717) is 6.04 Å². The van der Waals surface area contributed by atoms with Crippen LogP contribution in [-0.2, 0) is 0 Å².